The third kappa shape index (κ3) is 3.50. The van der Waals surface area contributed by atoms with Gasteiger partial charge in [0.25, 0.3) is 0 Å². The highest BCUT2D eigenvalue weighted by atomic mass is 35.5. The first-order valence-corrected chi connectivity index (χ1v) is 7.80. The first kappa shape index (κ1) is 17.0. The van der Waals surface area contributed by atoms with Crippen molar-refractivity contribution in [3.05, 3.63) is 51.4 Å². The Kier molecular flexibility index (Phi) is 4.92. The summed E-state index contributed by atoms with van der Waals surface area (Å²) in [6.07, 6.45) is -1.34. The third-order valence-corrected chi connectivity index (χ3v) is 4.23. The van der Waals surface area contributed by atoms with Crippen LogP contribution in [-0.4, -0.2) is 10.3 Å². The van der Waals surface area contributed by atoms with E-state index in [4.69, 9.17) is 11.6 Å². The highest BCUT2D eigenvalue weighted by Crippen LogP contribution is 2.35. The van der Waals surface area contributed by atoms with E-state index in [0.717, 1.165) is 12.1 Å². The van der Waals surface area contributed by atoms with E-state index in [1.165, 1.54) is 24.0 Å². The number of halogens is 4. The van der Waals surface area contributed by atoms with Crippen LogP contribution in [0.4, 0.5) is 13.2 Å². The maximum absolute atomic E-state index is 12.9. The lowest BCUT2D eigenvalue weighted by atomic mass is 10.0. The Morgan fingerprint density at radius 3 is 2.50 bits per heavy atom. The second-order valence-electron chi connectivity index (χ2n) is 4.66. The number of benzene rings is 1. The standard InChI is InChI=1S/C15H13ClF3NOS/c1-3-22-13-8-20(2)7-11(14(13)21)10-6-9(15(17,18)19)4-5-12(10)16/h4-8H,3H2,1-2H3. The molecule has 22 heavy (non-hydrogen) atoms. The Labute approximate surface area is 134 Å². The van der Waals surface area contributed by atoms with Crippen LogP contribution >= 0.6 is 23.4 Å². The van der Waals surface area contributed by atoms with Gasteiger partial charge >= 0.3 is 6.18 Å². The second kappa shape index (κ2) is 6.38. The molecular weight excluding hydrogens is 335 g/mol. The smallest absolute Gasteiger partial charge is 0.355 e. The molecular formula is C15H13ClF3NOS. The quantitative estimate of drug-likeness (QED) is 0.741. The van der Waals surface area contributed by atoms with E-state index in [1.807, 2.05) is 6.92 Å². The molecule has 0 aliphatic rings. The van der Waals surface area contributed by atoms with Gasteiger partial charge in [0.15, 0.2) is 0 Å². The van der Waals surface area contributed by atoms with Crippen LogP contribution in [0.1, 0.15) is 12.5 Å². The van der Waals surface area contributed by atoms with Gasteiger partial charge in [-0.2, -0.15) is 13.2 Å². The lowest BCUT2D eigenvalue weighted by Crippen LogP contribution is -2.12. The van der Waals surface area contributed by atoms with Crippen LogP contribution < -0.4 is 5.43 Å². The van der Waals surface area contributed by atoms with E-state index < -0.39 is 11.7 Å². The van der Waals surface area contributed by atoms with Gasteiger partial charge in [-0.15, -0.1) is 11.8 Å². The Hall–Kier alpha value is -1.40. The summed E-state index contributed by atoms with van der Waals surface area (Å²) in [5.41, 5.74) is -0.888. The highest BCUT2D eigenvalue weighted by Gasteiger charge is 2.31. The fourth-order valence-electron chi connectivity index (χ4n) is 2.03. The van der Waals surface area contributed by atoms with Crippen molar-refractivity contribution in [1.82, 2.24) is 4.57 Å². The predicted octanol–water partition coefficient (Wildman–Crippen LogP) is 4.84. The van der Waals surface area contributed by atoms with Gasteiger partial charge < -0.3 is 4.57 Å². The van der Waals surface area contributed by atoms with Gasteiger partial charge in [0.1, 0.15) is 0 Å². The summed E-state index contributed by atoms with van der Waals surface area (Å²) < 4.78 is 40.2. The molecule has 0 bridgehead atoms. The molecule has 7 heteroatoms. The van der Waals surface area contributed by atoms with Gasteiger partial charge in [0.2, 0.25) is 5.43 Å². The summed E-state index contributed by atoms with van der Waals surface area (Å²) in [5, 5.41) is 0.115. The number of hydrogen-bond donors (Lipinski definition) is 0. The normalized spacial score (nSPS) is 11.7. The zero-order valence-electron chi connectivity index (χ0n) is 11.9. The molecule has 0 saturated heterocycles. The van der Waals surface area contributed by atoms with Crippen LogP contribution in [0.3, 0.4) is 0 Å². The molecule has 1 aromatic heterocycles. The van der Waals surface area contributed by atoms with Gasteiger partial charge in [-0.3, -0.25) is 4.79 Å². The molecule has 0 spiro atoms. The van der Waals surface area contributed by atoms with Crippen molar-refractivity contribution in [3.8, 4) is 11.1 Å². The third-order valence-electron chi connectivity index (χ3n) is 3.01. The maximum atomic E-state index is 12.9. The summed E-state index contributed by atoms with van der Waals surface area (Å²) in [5.74, 6) is 0.690. The Morgan fingerprint density at radius 2 is 1.91 bits per heavy atom. The van der Waals surface area contributed by atoms with Crippen molar-refractivity contribution in [2.24, 2.45) is 7.05 Å². The Morgan fingerprint density at radius 1 is 1.23 bits per heavy atom. The van der Waals surface area contributed by atoms with Crippen LogP contribution in [0.2, 0.25) is 5.02 Å². The van der Waals surface area contributed by atoms with Crippen LogP contribution in [0.5, 0.6) is 0 Å². The van der Waals surface area contributed by atoms with Gasteiger partial charge in [-0.1, -0.05) is 18.5 Å². The summed E-state index contributed by atoms with van der Waals surface area (Å²) >= 11 is 7.35. The number of nitrogens with zero attached hydrogens (tertiary/aromatic N) is 1. The molecule has 0 aliphatic carbocycles. The van der Waals surface area contributed by atoms with Crippen molar-refractivity contribution in [2.45, 2.75) is 18.0 Å². The summed E-state index contributed by atoms with van der Waals surface area (Å²) in [6.45, 7) is 1.90. The van der Waals surface area contributed by atoms with Gasteiger partial charge in [0, 0.05) is 35.6 Å². The average molecular weight is 348 g/mol. The summed E-state index contributed by atoms with van der Waals surface area (Å²) in [7, 11) is 1.71. The number of alkyl halides is 3. The zero-order chi connectivity index (χ0) is 16.5. The Bertz CT molecular complexity index is 755. The monoisotopic (exact) mass is 347 g/mol. The SMILES string of the molecule is CCSc1cn(C)cc(-c2cc(C(F)(F)F)ccc2Cl)c1=O. The number of aromatic nitrogens is 1. The van der Waals surface area contributed by atoms with E-state index in [2.05, 4.69) is 0 Å². The molecule has 118 valence electrons. The summed E-state index contributed by atoms with van der Waals surface area (Å²) in [6, 6.07) is 2.99. The van der Waals surface area contributed by atoms with E-state index in [-0.39, 0.29) is 21.6 Å². The van der Waals surface area contributed by atoms with Crippen molar-refractivity contribution in [1.29, 1.82) is 0 Å². The van der Waals surface area contributed by atoms with Crippen molar-refractivity contribution >= 4 is 23.4 Å². The van der Waals surface area contributed by atoms with Gasteiger partial charge in [-0.05, 0) is 24.0 Å². The minimum atomic E-state index is -4.49. The van der Waals surface area contributed by atoms with E-state index in [9.17, 15) is 18.0 Å². The molecule has 0 fully saturated rings. The van der Waals surface area contributed by atoms with Crippen molar-refractivity contribution in [3.63, 3.8) is 0 Å². The number of pyridine rings is 1. The molecule has 1 heterocycles. The molecule has 2 aromatic rings. The minimum Gasteiger partial charge on any atom is -0.355 e. The second-order valence-corrected chi connectivity index (χ2v) is 6.37. The topological polar surface area (TPSA) is 22.0 Å². The van der Waals surface area contributed by atoms with Crippen LogP contribution in [0.15, 0.2) is 40.3 Å². The molecule has 0 atom stereocenters. The lowest BCUT2D eigenvalue weighted by molar-refractivity contribution is -0.137. The fraction of sp³-hybridized carbons (Fsp3) is 0.267. The molecule has 2 nitrogen and oxygen atoms in total. The zero-order valence-corrected chi connectivity index (χ0v) is 13.4. The first-order valence-electron chi connectivity index (χ1n) is 6.44. The van der Waals surface area contributed by atoms with Gasteiger partial charge in [0.05, 0.1) is 10.5 Å². The minimum absolute atomic E-state index is 0.0932. The number of rotatable bonds is 3. The summed E-state index contributed by atoms with van der Waals surface area (Å²) in [4.78, 5) is 12.9. The largest absolute Gasteiger partial charge is 0.416 e. The molecule has 0 N–H and O–H groups in total. The van der Waals surface area contributed by atoms with Crippen LogP contribution in [-0.2, 0) is 13.2 Å². The van der Waals surface area contributed by atoms with Gasteiger partial charge in [-0.25, -0.2) is 0 Å². The highest BCUT2D eigenvalue weighted by molar-refractivity contribution is 7.99. The maximum Gasteiger partial charge on any atom is 0.416 e. The van der Waals surface area contributed by atoms with Crippen LogP contribution in [0.25, 0.3) is 11.1 Å². The van der Waals surface area contributed by atoms with Crippen molar-refractivity contribution < 1.29 is 13.2 Å². The van der Waals surface area contributed by atoms with Crippen LogP contribution in [0, 0.1) is 0 Å². The van der Waals surface area contributed by atoms with Crippen molar-refractivity contribution in [2.75, 3.05) is 5.75 Å². The lowest BCUT2D eigenvalue weighted by Gasteiger charge is -2.12. The molecule has 0 unspecified atom stereocenters. The molecule has 0 aliphatic heterocycles. The molecule has 0 radical (unpaired) electrons. The Balaban J connectivity index is 2.69. The first-order chi connectivity index (χ1) is 10.2. The predicted molar refractivity (Wildman–Crippen MR) is 83.5 cm³/mol. The van der Waals surface area contributed by atoms with E-state index >= 15 is 0 Å². The van der Waals surface area contributed by atoms with E-state index in [1.54, 1.807) is 17.8 Å². The van der Waals surface area contributed by atoms with E-state index in [0.29, 0.717) is 10.6 Å². The molecule has 0 amide bonds. The molecule has 0 saturated carbocycles. The number of hydrogen-bond acceptors (Lipinski definition) is 2. The molecule has 2 rings (SSSR count). The fourth-order valence-corrected chi connectivity index (χ4v) is 3.05. The number of thioether (sulfide) groups is 1. The number of aryl methyl sites for hydroxylation is 1. The average Bonchev–Trinajstić information content (AvgIpc) is 2.42. The molecule has 1 aromatic carbocycles.